The van der Waals surface area contributed by atoms with Gasteiger partial charge in [-0.2, -0.15) is 0 Å². The van der Waals surface area contributed by atoms with Gasteiger partial charge in [0.25, 0.3) is 0 Å². The first-order chi connectivity index (χ1) is 8.08. The lowest BCUT2D eigenvalue weighted by molar-refractivity contribution is 0.217. The second-order valence-electron chi connectivity index (χ2n) is 4.55. The summed E-state index contributed by atoms with van der Waals surface area (Å²) in [6, 6.07) is 8.68. The number of hydrogen-bond acceptors (Lipinski definition) is 2. The van der Waals surface area contributed by atoms with Crippen LogP contribution < -0.4 is 5.32 Å². The molecule has 3 nitrogen and oxygen atoms in total. The predicted molar refractivity (Wildman–Crippen MR) is 71.3 cm³/mol. The second kappa shape index (κ2) is 5.00. The molecule has 92 valence electrons. The zero-order valence-corrected chi connectivity index (χ0v) is 11.3. The van der Waals surface area contributed by atoms with Crippen molar-refractivity contribution in [3.05, 3.63) is 29.8 Å². The third-order valence-electron chi connectivity index (χ3n) is 2.87. The van der Waals surface area contributed by atoms with Crippen LogP contribution in [0.1, 0.15) is 25.5 Å². The van der Waals surface area contributed by atoms with Gasteiger partial charge in [-0.05, 0) is 17.7 Å². The topological polar surface area (TPSA) is 32.3 Å². The van der Waals surface area contributed by atoms with Gasteiger partial charge in [-0.1, -0.05) is 26.0 Å². The largest absolute Gasteiger partial charge is 0.336 e. The number of amides is 2. The van der Waals surface area contributed by atoms with Crippen molar-refractivity contribution < 1.29 is 4.79 Å². The highest BCUT2D eigenvalue weighted by Crippen LogP contribution is 2.27. The summed E-state index contributed by atoms with van der Waals surface area (Å²) in [6.07, 6.45) is 0. The van der Waals surface area contributed by atoms with E-state index in [2.05, 4.69) is 43.4 Å². The van der Waals surface area contributed by atoms with Crippen LogP contribution in [0.15, 0.2) is 29.2 Å². The molecule has 17 heavy (non-hydrogen) atoms. The molecule has 1 aliphatic rings. The quantitative estimate of drug-likeness (QED) is 0.837. The van der Waals surface area contributed by atoms with Gasteiger partial charge in [0.15, 0.2) is 0 Å². The molecular formula is C13H18N2OS. The fourth-order valence-corrected chi connectivity index (χ4v) is 2.81. The van der Waals surface area contributed by atoms with E-state index >= 15 is 0 Å². The van der Waals surface area contributed by atoms with Crippen LogP contribution in [0.25, 0.3) is 0 Å². The van der Waals surface area contributed by atoms with Gasteiger partial charge >= 0.3 is 6.03 Å². The predicted octanol–water partition coefficient (Wildman–Crippen LogP) is 2.88. The van der Waals surface area contributed by atoms with Crippen molar-refractivity contribution in [1.29, 1.82) is 0 Å². The minimum Gasteiger partial charge on any atom is -0.336 e. The number of urea groups is 1. The van der Waals surface area contributed by atoms with E-state index in [-0.39, 0.29) is 12.1 Å². The molecule has 0 aliphatic carbocycles. The van der Waals surface area contributed by atoms with Crippen LogP contribution in [0.5, 0.6) is 0 Å². The Morgan fingerprint density at radius 3 is 2.47 bits per heavy atom. The van der Waals surface area contributed by atoms with E-state index in [4.69, 9.17) is 0 Å². The fraction of sp³-hybridized carbons (Fsp3) is 0.462. The van der Waals surface area contributed by atoms with E-state index in [0.717, 1.165) is 0 Å². The minimum atomic E-state index is 0.00984. The SMILES string of the molecule is CC(C)Sc1ccc(C2CNC(=O)N2C)cc1. The molecular weight excluding hydrogens is 232 g/mol. The zero-order chi connectivity index (χ0) is 12.4. The van der Waals surface area contributed by atoms with Gasteiger partial charge < -0.3 is 10.2 Å². The van der Waals surface area contributed by atoms with Crippen molar-refractivity contribution in [2.75, 3.05) is 13.6 Å². The van der Waals surface area contributed by atoms with E-state index in [0.29, 0.717) is 11.8 Å². The first-order valence-corrected chi connectivity index (χ1v) is 6.73. The van der Waals surface area contributed by atoms with Crippen molar-refractivity contribution in [1.82, 2.24) is 10.2 Å². The van der Waals surface area contributed by atoms with E-state index in [1.165, 1.54) is 10.5 Å². The Hall–Kier alpha value is -1.16. The summed E-state index contributed by atoms with van der Waals surface area (Å²) < 4.78 is 0. The summed E-state index contributed by atoms with van der Waals surface area (Å²) in [6.45, 7) is 5.07. The third kappa shape index (κ3) is 2.75. The maximum atomic E-state index is 11.4. The van der Waals surface area contributed by atoms with Gasteiger partial charge in [0.1, 0.15) is 0 Å². The Bertz CT molecular complexity index is 402. The number of benzene rings is 1. The highest BCUT2D eigenvalue weighted by Gasteiger charge is 2.28. The third-order valence-corrected chi connectivity index (χ3v) is 3.89. The van der Waals surface area contributed by atoms with E-state index in [1.54, 1.807) is 4.90 Å². The van der Waals surface area contributed by atoms with E-state index < -0.39 is 0 Å². The Labute approximate surface area is 107 Å². The Morgan fingerprint density at radius 1 is 1.35 bits per heavy atom. The molecule has 2 amide bonds. The Balaban J connectivity index is 2.10. The number of nitrogens with one attached hydrogen (secondary N) is 1. The smallest absolute Gasteiger partial charge is 0.317 e. The molecule has 0 bridgehead atoms. The van der Waals surface area contributed by atoms with Crippen LogP contribution in [-0.4, -0.2) is 29.8 Å². The lowest BCUT2D eigenvalue weighted by atomic mass is 10.1. The number of carbonyl (C=O) groups excluding carboxylic acids is 1. The summed E-state index contributed by atoms with van der Waals surface area (Å²) in [5, 5.41) is 3.44. The molecule has 2 rings (SSSR count). The maximum Gasteiger partial charge on any atom is 0.317 e. The molecule has 0 aromatic heterocycles. The molecule has 0 spiro atoms. The van der Waals surface area contributed by atoms with Crippen molar-refractivity contribution >= 4 is 17.8 Å². The first kappa shape index (κ1) is 12.3. The van der Waals surface area contributed by atoms with Gasteiger partial charge in [-0.25, -0.2) is 4.79 Å². The van der Waals surface area contributed by atoms with Crippen LogP contribution in [0.2, 0.25) is 0 Å². The monoisotopic (exact) mass is 250 g/mol. The fourth-order valence-electron chi connectivity index (χ4n) is 1.97. The summed E-state index contributed by atoms with van der Waals surface area (Å²) >= 11 is 1.85. The average molecular weight is 250 g/mol. The first-order valence-electron chi connectivity index (χ1n) is 5.85. The van der Waals surface area contributed by atoms with E-state index in [1.807, 2.05) is 18.8 Å². The number of thioether (sulfide) groups is 1. The maximum absolute atomic E-state index is 11.4. The molecule has 1 aromatic rings. The second-order valence-corrected chi connectivity index (χ2v) is 6.20. The summed E-state index contributed by atoms with van der Waals surface area (Å²) in [4.78, 5) is 14.4. The molecule has 1 atom stereocenters. The summed E-state index contributed by atoms with van der Waals surface area (Å²) in [7, 11) is 1.84. The molecule has 1 fully saturated rings. The normalized spacial score (nSPS) is 19.9. The van der Waals surface area contributed by atoms with Crippen LogP contribution in [0.4, 0.5) is 4.79 Å². The molecule has 0 saturated carbocycles. The minimum absolute atomic E-state index is 0.00984. The molecule has 1 aromatic carbocycles. The number of nitrogens with zero attached hydrogens (tertiary/aromatic N) is 1. The van der Waals surface area contributed by atoms with Crippen molar-refractivity contribution in [3.63, 3.8) is 0 Å². The molecule has 0 radical (unpaired) electrons. The standard InChI is InChI=1S/C13H18N2OS/c1-9(2)17-11-6-4-10(5-7-11)12-8-14-13(16)15(12)3/h4-7,9,12H,8H2,1-3H3,(H,14,16). The van der Waals surface area contributed by atoms with Crippen LogP contribution in [-0.2, 0) is 0 Å². The van der Waals surface area contributed by atoms with Crippen molar-refractivity contribution in [2.45, 2.75) is 30.0 Å². The summed E-state index contributed by atoms with van der Waals surface area (Å²) in [5.74, 6) is 0. The molecule has 4 heteroatoms. The van der Waals surface area contributed by atoms with Gasteiger partial charge in [0, 0.05) is 23.7 Å². The van der Waals surface area contributed by atoms with Gasteiger partial charge in [-0.15, -0.1) is 11.8 Å². The van der Waals surface area contributed by atoms with Gasteiger partial charge in [0.2, 0.25) is 0 Å². The number of likely N-dealkylation sites (N-methyl/N-ethyl adjacent to an activating group) is 1. The van der Waals surface area contributed by atoms with E-state index in [9.17, 15) is 4.79 Å². The number of carbonyl (C=O) groups is 1. The van der Waals surface area contributed by atoms with Crippen LogP contribution in [0, 0.1) is 0 Å². The summed E-state index contributed by atoms with van der Waals surface area (Å²) in [5.41, 5.74) is 1.19. The highest BCUT2D eigenvalue weighted by atomic mass is 32.2. The Morgan fingerprint density at radius 2 is 2.00 bits per heavy atom. The lowest BCUT2D eigenvalue weighted by Crippen LogP contribution is -2.25. The molecule has 1 saturated heterocycles. The van der Waals surface area contributed by atoms with Crippen molar-refractivity contribution in [3.8, 4) is 0 Å². The number of hydrogen-bond donors (Lipinski definition) is 1. The lowest BCUT2D eigenvalue weighted by Gasteiger charge is -2.18. The average Bonchev–Trinajstić information content (AvgIpc) is 2.60. The van der Waals surface area contributed by atoms with Crippen LogP contribution in [0.3, 0.4) is 0 Å². The molecule has 1 heterocycles. The Kier molecular flexibility index (Phi) is 3.62. The molecule has 1 N–H and O–H groups in total. The van der Waals surface area contributed by atoms with Gasteiger partial charge in [-0.3, -0.25) is 0 Å². The number of rotatable bonds is 3. The van der Waals surface area contributed by atoms with Crippen LogP contribution >= 0.6 is 11.8 Å². The molecule has 1 unspecified atom stereocenters. The highest BCUT2D eigenvalue weighted by molar-refractivity contribution is 7.99. The van der Waals surface area contributed by atoms with Crippen molar-refractivity contribution in [2.24, 2.45) is 0 Å². The molecule has 1 aliphatic heterocycles. The zero-order valence-electron chi connectivity index (χ0n) is 10.4. The van der Waals surface area contributed by atoms with Gasteiger partial charge in [0.05, 0.1) is 6.04 Å².